The highest BCUT2D eigenvalue weighted by Gasteiger charge is 2.53. The molecule has 1 N–H and O–H groups in total. The monoisotopic (exact) mass is 660 g/mol. The van der Waals surface area contributed by atoms with Crippen LogP contribution in [0.5, 0.6) is 0 Å². The number of nitrogens with one attached hydrogen (secondary N) is 1. The first-order chi connectivity index (χ1) is 24.4. The van der Waals surface area contributed by atoms with Crippen molar-refractivity contribution in [1.29, 1.82) is 0 Å². The number of aromatic nitrogens is 1. The van der Waals surface area contributed by atoms with E-state index in [0.29, 0.717) is 22.3 Å². The Balaban J connectivity index is 1.69. The van der Waals surface area contributed by atoms with Gasteiger partial charge in [0.15, 0.2) is 5.60 Å². The van der Waals surface area contributed by atoms with Crippen LogP contribution >= 0.6 is 0 Å². The van der Waals surface area contributed by atoms with Crippen LogP contribution in [0.15, 0.2) is 140 Å². The Bertz CT molecular complexity index is 2000. The maximum absolute atomic E-state index is 15.6. The molecular weight excluding hydrogens is 617 g/mol. The van der Waals surface area contributed by atoms with Gasteiger partial charge in [0.2, 0.25) is 5.91 Å². The average molecular weight is 661 g/mol. The fourth-order valence-electron chi connectivity index (χ4n) is 7.09. The average Bonchev–Trinajstić information content (AvgIpc) is 3.16. The molecule has 0 fully saturated rings. The Hall–Kier alpha value is -5.55. The molecule has 0 aliphatic heterocycles. The van der Waals surface area contributed by atoms with Crippen molar-refractivity contribution >= 4 is 28.5 Å². The molecule has 0 spiro atoms. The molecule has 0 saturated heterocycles. The number of rotatable bonds is 12. The molecule has 50 heavy (non-hydrogen) atoms. The van der Waals surface area contributed by atoms with Gasteiger partial charge in [-0.25, -0.2) is 0 Å². The van der Waals surface area contributed by atoms with Crippen LogP contribution in [0.4, 0.5) is 5.69 Å². The maximum Gasteiger partial charge on any atom is 0.303 e. The lowest BCUT2D eigenvalue weighted by molar-refractivity contribution is -0.162. The second kappa shape index (κ2) is 15.3. The number of pyridine rings is 1. The molecule has 5 heteroatoms. The van der Waals surface area contributed by atoms with E-state index in [4.69, 9.17) is 4.74 Å². The molecule has 0 aliphatic rings. The topological polar surface area (TPSA) is 68.3 Å². The quantitative estimate of drug-likeness (QED) is 0.133. The molecule has 0 saturated carbocycles. The molecule has 0 aliphatic carbocycles. The van der Waals surface area contributed by atoms with Crippen molar-refractivity contribution < 1.29 is 14.3 Å². The van der Waals surface area contributed by atoms with Crippen LogP contribution in [0.1, 0.15) is 72.6 Å². The zero-order valence-corrected chi connectivity index (χ0v) is 29.2. The van der Waals surface area contributed by atoms with E-state index in [1.165, 1.54) is 18.1 Å². The second-order valence-electron chi connectivity index (χ2n) is 12.8. The van der Waals surface area contributed by atoms with Crippen LogP contribution in [0, 0.1) is 5.92 Å². The van der Waals surface area contributed by atoms with E-state index in [9.17, 15) is 4.79 Å². The molecule has 6 rings (SSSR count). The minimum atomic E-state index is -1.53. The van der Waals surface area contributed by atoms with Crippen LogP contribution in [0.2, 0.25) is 0 Å². The van der Waals surface area contributed by atoms with Gasteiger partial charge < -0.3 is 10.1 Å². The van der Waals surface area contributed by atoms with Gasteiger partial charge in [-0.2, -0.15) is 0 Å². The SMILES string of the molecule is CCc1ccc(C(c2ccc(CC)cc2)C(C(=O)Nc2cccc3cccnc23)C(OC(C)=O)(c2ccccc2)c2ccc(CC)cc2)cc1. The number of ether oxygens (including phenoxy) is 1. The molecule has 0 bridgehead atoms. The van der Waals surface area contributed by atoms with Gasteiger partial charge >= 0.3 is 5.97 Å². The largest absolute Gasteiger partial charge is 0.449 e. The van der Waals surface area contributed by atoms with Gasteiger partial charge in [-0.3, -0.25) is 14.6 Å². The number of benzene rings is 5. The number of anilines is 1. The first-order valence-electron chi connectivity index (χ1n) is 17.5. The van der Waals surface area contributed by atoms with Crippen molar-refractivity contribution in [2.24, 2.45) is 5.92 Å². The normalized spacial score (nSPS) is 13.1. The Kier molecular flexibility index (Phi) is 10.5. The summed E-state index contributed by atoms with van der Waals surface area (Å²) in [7, 11) is 0. The van der Waals surface area contributed by atoms with Crippen molar-refractivity contribution in [3.05, 3.63) is 179 Å². The molecule has 2 atom stereocenters. The number of carbonyl (C=O) groups excluding carboxylic acids is 2. The van der Waals surface area contributed by atoms with E-state index in [0.717, 1.165) is 41.3 Å². The van der Waals surface area contributed by atoms with Crippen molar-refractivity contribution in [1.82, 2.24) is 4.98 Å². The van der Waals surface area contributed by atoms with Gasteiger partial charge in [0, 0.05) is 35.6 Å². The highest BCUT2D eigenvalue weighted by atomic mass is 16.6. The summed E-state index contributed by atoms with van der Waals surface area (Å²) in [6, 6.07) is 44.4. The number of esters is 1. The fraction of sp³-hybridized carbons (Fsp3) is 0.222. The standard InChI is InChI=1S/C45H44N2O3/c1-5-32-18-24-35(25-19-32)41(36-26-20-33(6-2)21-27-36)42(44(49)47-40-17-11-13-37-14-12-30-46-43(37)40)45(50-31(4)48,38-15-9-8-10-16-38)39-28-22-34(7-3)23-29-39/h8-30,41-42H,5-7H2,1-4H3,(H,47,49). The number of para-hydroxylation sites is 1. The fourth-order valence-corrected chi connectivity index (χ4v) is 7.09. The molecule has 1 aromatic heterocycles. The maximum atomic E-state index is 15.6. The first kappa shape index (κ1) is 34.3. The Labute approximate surface area is 295 Å². The third kappa shape index (κ3) is 6.95. The molecule has 1 amide bonds. The first-order valence-corrected chi connectivity index (χ1v) is 17.5. The number of amides is 1. The van der Waals surface area contributed by atoms with E-state index in [1.807, 2.05) is 72.8 Å². The zero-order valence-electron chi connectivity index (χ0n) is 29.2. The van der Waals surface area contributed by atoms with E-state index >= 15 is 4.79 Å². The highest BCUT2D eigenvalue weighted by molar-refractivity contribution is 6.02. The lowest BCUT2D eigenvalue weighted by Gasteiger charge is -2.44. The van der Waals surface area contributed by atoms with E-state index in [2.05, 4.69) is 91.7 Å². The highest BCUT2D eigenvalue weighted by Crippen LogP contribution is 2.50. The van der Waals surface area contributed by atoms with Gasteiger partial charge in [-0.1, -0.05) is 142 Å². The summed E-state index contributed by atoms with van der Waals surface area (Å²) in [5.74, 6) is -2.28. The van der Waals surface area contributed by atoms with E-state index in [1.54, 1.807) is 6.20 Å². The Morgan fingerprint density at radius 2 is 1.16 bits per heavy atom. The summed E-state index contributed by atoms with van der Waals surface area (Å²) < 4.78 is 6.69. The summed E-state index contributed by atoms with van der Waals surface area (Å²) in [5.41, 5.74) is 6.59. The lowest BCUT2D eigenvalue weighted by Crippen LogP contribution is -2.49. The van der Waals surface area contributed by atoms with E-state index < -0.39 is 23.4 Å². The minimum Gasteiger partial charge on any atom is -0.449 e. The molecule has 6 aromatic rings. The van der Waals surface area contributed by atoms with Gasteiger partial charge in [-0.05, 0) is 59.2 Å². The number of aryl methyl sites for hydroxylation is 3. The Morgan fingerprint density at radius 1 is 0.640 bits per heavy atom. The Morgan fingerprint density at radius 3 is 1.70 bits per heavy atom. The minimum absolute atomic E-state index is 0.294. The lowest BCUT2D eigenvalue weighted by atomic mass is 9.65. The van der Waals surface area contributed by atoms with Crippen molar-refractivity contribution in [2.75, 3.05) is 5.32 Å². The summed E-state index contributed by atoms with van der Waals surface area (Å²) in [6.45, 7) is 7.79. The number of hydrogen-bond donors (Lipinski definition) is 1. The third-order valence-electron chi connectivity index (χ3n) is 9.74. The number of nitrogens with zero attached hydrogens (tertiary/aromatic N) is 1. The van der Waals surface area contributed by atoms with Crippen LogP contribution in [0.3, 0.4) is 0 Å². The van der Waals surface area contributed by atoms with Gasteiger partial charge in [-0.15, -0.1) is 0 Å². The molecule has 1 heterocycles. The van der Waals surface area contributed by atoms with Crippen LogP contribution < -0.4 is 5.32 Å². The molecule has 252 valence electrons. The van der Waals surface area contributed by atoms with Gasteiger partial charge in [0.1, 0.15) is 0 Å². The second-order valence-corrected chi connectivity index (χ2v) is 12.8. The molecule has 5 aromatic carbocycles. The number of fused-ring (bicyclic) bond motifs is 1. The van der Waals surface area contributed by atoms with E-state index in [-0.39, 0.29) is 5.91 Å². The van der Waals surface area contributed by atoms with Crippen molar-refractivity contribution in [3.8, 4) is 0 Å². The molecule has 2 unspecified atom stereocenters. The summed E-state index contributed by atoms with van der Waals surface area (Å²) in [4.78, 5) is 33.7. The summed E-state index contributed by atoms with van der Waals surface area (Å²) in [6.07, 6.45) is 4.35. The summed E-state index contributed by atoms with van der Waals surface area (Å²) >= 11 is 0. The molecule has 5 nitrogen and oxygen atoms in total. The van der Waals surface area contributed by atoms with Crippen LogP contribution in [-0.2, 0) is 39.2 Å². The van der Waals surface area contributed by atoms with Crippen molar-refractivity contribution in [3.63, 3.8) is 0 Å². The third-order valence-corrected chi connectivity index (χ3v) is 9.74. The van der Waals surface area contributed by atoms with Crippen LogP contribution in [0.25, 0.3) is 10.9 Å². The number of carbonyl (C=O) groups is 2. The van der Waals surface area contributed by atoms with Crippen molar-refractivity contribution in [2.45, 2.75) is 58.5 Å². The zero-order chi connectivity index (χ0) is 35.1. The summed E-state index contributed by atoms with van der Waals surface area (Å²) in [5, 5.41) is 4.21. The van der Waals surface area contributed by atoms with Gasteiger partial charge in [0.25, 0.3) is 0 Å². The molecule has 0 radical (unpaired) electrons. The number of hydrogen-bond acceptors (Lipinski definition) is 4. The predicted octanol–water partition coefficient (Wildman–Crippen LogP) is 9.82. The predicted molar refractivity (Wildman–Crippen MR) is 202 cm³/mol. The van der Waals surface area contributed by atoms with Gasteiger partial charge in [0.05, 0.1) is 17.1 Å². The smallest absolute Gasteiger partial charge is 0.303 e. The van der Waals surface area contributed by atoms with Crippen LogP contribution in [-0.4, -0.2) is 16.9 Å². The molecular formula is C45H44N2O3.